The van der Waals surface area contributed by atoms with Crippen LogP contribution in [-0.4, -0.2) is 82.4 Å². The highest BCUT2D eigenvalue weighted by atomic mass is 79.9. The van der Waals surface area contributed by atoms with Crippen LogP contribution >= 0.6 is 15.9 Å². The van der Waals surface area contributed by atoms with Crippen molar-refractivity contribution >= 4 is 39.4 Å². The van der Waals surface area contributed by atoms with Crippen LogP contribution in [0.5, 0.6) is 5.75 Å². The second kappa shape index (κ2) is 12.5. The molecule has 1 aliphatic rings. The van der Waals surface area contributed by atoms with Crippen LogP contribution in [0.1, 0.15) is 50.2 Å². The molecule has 0 aliphatic carbocycles. The Morgan fingerprint density at radius 2 is 1.76 bits per heavy atom. The van der Waals surface area contributed by atoms with Gasteiger partial charge in [0.2, 0.25) is 5.78 Å². The fourth-order valence-electron chi connectivity index (χ4n) is 3.93. The number of methoxy groups -OCH3 is 1. The summed E-state index contributed by atoms with van der Waals surface area (Å²) in [6.45, 7) is 9.00. The summed E-state index contributed by atoms with van der Waals surface area (Å²) in [5, 5.41) is 3.18. The van der Waals surface area contributed by atoms with Crippen molar-refractivity contribution in [3.05, 3.63) is 46.3 Å². The van der Waals surface area contributed by atoms with Gasteiger partial charge in [-0.25, -0.2) is 14.8 Å². The summed E-state index contributed by atoms with van der Waals surface area (Å²) in [5.74, 6) is 0.406. The van der Waals surface area contributed by atoms with Crippen molar-refractivity contribution in [2.24, 2.45) is 0 Å². The zero-order valence-corrected chi connectivity index (χ0v) is 23.5. The van der Waals surface area contributed by atoms with E-state index in [9.17, 15) is 14.4 Å². The molecule has 3 rings (SSSR count). The first kappa shape index (κ1) is 28.5. The van der Waals surface area contributed by atoms with Crippen molar-refractivity contribution in [1.29, 1.82) is 0 Å². The van der Waals surface area contributed by atoms with Crippen molar-refractivity contribution in [2.75, 3.05) is 38.6 Å². The molecule has 10 nitrogen and oxygen atoms in total. The van der Waals surface area contributed by atoms with Gasteiger partial charge in [-0.3, -0.25) is 14.5 Å². The van der Waals surface area contributed by atoms with Crippen molar-refractivity contribution in [3.63, 3.8) is 0 Å². The van der Waals surface area contributed by atoms with E-state index in [1.165, 1.54) is 6.20 Å². The molecule has 2 aromatic rings. The number of benzene rings is 1. The molecule has 0 radical (unpaired) electrons. The Kier molecular flexibility index (Phi) is 9.61. The van der Waals surface area contributed by atoms with Gasteiger partial charge < -0.3 is 19.7 Å². The average molecular weight is 576 g/mol. The number of ketones is 2. The fraction of sp³-hybridized carbons (Fsp3) is 0.500. The SMILES string of the molecule is CCC(=O)C(C(=O)c1nc(Br)cnc1NCc1ccc(OC)cc1)N1CCN(C(=O)OC(C)(C)C)CC1. The molecular weight excluding hydrogens is 542 g/mol. The van der Waals surface area contributed by atoms with Crippen LogP contribution in [0.2, 0.25) is 0 Å². The van der Waals surface area contributed by atoms with Crippen molar-refractivity contribution < 1.29 is 23.9 Å². The summed E-state index contributed by atoms with van der Waals surface area (Å²) in [4.78, 5) is 51.4. The molecule has 1 fully saturated rings. The predicted octanol–water partition coefficient (Wildman–Crippen LogP) is 3.94. The summed E-state index contributed by atoms with van der Waals surface area (Å²) >= 11 is 3.30. The summed E-state index contributed by atoms with van der Waals surface area (Å²) < 4.78 is 11.0. The molecule has 1 aromatic heterocycles. The highest BCUT2D eigenvalue weighted by Gasteiger charge is 2.37. The van der Waals surface area contributed by atoms with Gasteiger partial charge in [0.25, 0.3) is 0 Å². The molecule has 37 heavy (non-hydrogen) atoms. The Morgan fingerprint density at radius 3 is 2.32 bits per heavy atom. The van der Waals surface area contributed by atoms with E-state index in [4.69, 9.17) is 9.47 Å². The lowest BCUT2D eigenvalue weighted by Gasteiger charge is -2.38. The monoisotopic (exact) mass is 575 g/mol. The Labute approximate surface area is 225 Å². The molecule has 1 atom stereocenters. The number of halogens is 1. The first-order valence-electron chi connectivity index (χ1n) is 12.2. The third-order valence-electron chi connectivity index (χ3n) is 5.83. The van der Waals surface area contributed by atoms with E-state index in [1.807, 2.05) is 49.9 Å². The minimum atomic E-state index is -1.02. The lowest BCUT2D eigenvalue weighted by molar-refractivity contribution is -0.122. The summed E-state index contributed by atoms with van der Waals surface area (Å²) in [6.07, 6.45) is 1.29. The number of carbonyl (C=O) groups excluding carboxylic acids is 3. The van der Waals surface area contributed by atoms with Crippen LogP contribution < -0.4 is 10.1 Å². The molecule has 1 unspecified atom stereocenters. The molecule has 1 saturated heterocycles. The van der Waals surface area contributed by atoms with Crippen molar-refractivity contribution in [3.8, 4) is 5.75 Å². The van der Waals surface area contributed by atoms with Gasteiger partial charge in [0.05, 0.1) is 13.3 Å². The zero-order chi connectivity index (χ0) is 27.2. The smallest absolute Gasteiger partial charge is 0.410 e. The number of nitrogens with zero attached hydrogens (tertiary/aromatic N) is 4. The number of ether oxygens (including phenoxy) is 2. The maximum absolute atomic E-state index is 13.8. The van der Waals surface area contributed by atoms with Gasteiger partial charge in [0.15, 0.2) is 17.3 Å². The van der Waals surface area contributed by atoms with Crippen LogP contribution in [0.15, 0.2) is 35.1 Å². The van der Waals surface area contributed by atoms with Crippen molar-refractivity contribution in [2.45, 2.75) is 52.3 Å². The molecule has 1 amide bonds. The fourth-order valence-corrected chi connectivity index (χ4v) is 4.21. The summed E-state index contributed by atoms with van der Waals surface area (Å²) in [5.41, 5.74) is 0.451. The Bertz CT molecular complexity index is 1110. The molecule has 11 heteroatoms. The average Bonchev–Trinajstić information content (AvgIpc) is 2.87. The van der Waals surface area contributed by atoms with Crippen LogP contribution in [0.25, 0.3) is 0 Å². The van der Waals surface area contributed by atoms with Crippen LogP contribution in [-0.2, 0) is 16.1 Å². The molecule has 0 saturated carbocycles. The van der Waals surface area contributed by atoms with Gasteiger partial charge in [-0.1, -0.05) is 19.1 Å². The minimum absolute atomic E-state index is 0.0873. The molecule has 0 bridgehead atoms. The molecule has 1 aromatic carbocycles. The molecule has 200 valence electrons. The second-order valence-electron chi connectivity index (χ2n) is 9.68. The highest BCUT2D eigenvalue weighted by molar-refractivity contribution is 9.10. The van der Waals surface area contributed by atoms with E-state index >= 15 is 0 Å². The van der Waals surface area contributed by atoms with E-state index in [2.05, 4.69) is 31.2 Å². The van der Waals surface area contributed by atoms with E-state index in [0.29, 0.717) is 43.1 Å². The minimum Gasteiger partial charge on any atom is -0.497 e. The van der Waals surface area contributed by atoms with Gasteiger partial charge >= 0.3 is 6.09 Å². The number of anilines is 1. The predicted molar refractivity (Wildman–Crippen MR) is 143 cm³/mol. The second-order valence-corrected chi connectivity index (χ2v) is 10.5. The highest BCUT2D eigenvalue weighted by Crippen LogP contribution is 2.22. The maximum atomic E-state index is 13.8. The number of aromatic nitrogens is 2. The normalized spacial score (nSPS) is 15.1. The first-order valence-corrected chi connectivity index (χ1v) is 13.0. The standard InChI is InChI=1S/C26H34BrN5O5/c1-6-19(33)22(31-11-13-32(14-12-31)25(35)37-26(2,3)4)23(34)21-24(29-16-20(27)30-21)28-15-17-7-9-18(36-5)10-8-17/h7-10,16,22H,6,11-15H2,1-5H3,(H,28,29). The number of hydrogen-bond acceptors (Lipinski definition) is 9. The van der Waals surface area contributed by atoms with Crippen LogP contribution in [0.4, 0.5) is 10.6 Å². The molecule has 1 N–H and O–H groups in total. The Hall–Kier alpha value is -3.05. The number of nitrogens with one attached hydrogen (secondary N) is 1. The third-order valence-corrected chi connectivity index (χ3v) is 6.21. The number of piperazine rings is 1. The van der Waals surface area contributed by atoms with E-state index in [-0.39, 0.29) is 17.9 Å². The molecule has 1 aliphatic heterocycles. The maximum Gasteiger partial charge on any atom is 0.410 e. The van der Waals surface area contributed by atoms with E-state index < -0.39 is 23.5 Å². The topological polar surface area (TPSA) is 114 Å². The van der Waals surface area contributed by atoms with Crippen LogP contribution in [0, 0.1) is 0 Å². The number of amides is 1. The van der Waals surface area contributed by atoms with Crippen LogP contribution in [0.3, 0.4) is 0 Å². The molecule has 2 heterocycles. The Balaban J connectivity index is 1.77. The lowest BCUT2D eigenvalue weighted by atomic mass is 10.00. The molecule has 0 spiro atoms. The first-order chi connectivity index (χ1) is 17.5. The van der Waals surface area contributed by atoms with E-state index in [0.717, 1.165) is 11.3 Å². The van der Waals surface area contributed by atoms with Gasteiger partial charge in [-0.2, -0.15) is 0 Å². The van der Waals surface area contributed by atoms with Gasteiger partial charge in [-0.15, -0.1) is 0 Å². The largest absolute Gasteiger partial charge is 0.497 e. The quantitative estimate of drug-likeness (QED) is 0.350. The lowest BCUT2D eigenvalue weighted by Crippen LogP contribution is -2.57. The number of Topliss-reactive ketones (excluding diaryl/α,β-unsaturated/α-hetero) is 2. The number of carbonyl (C=O) groups is 3. The summed E-state index contributed by atoms with van der Waals surface area (Å²) in [6, 6.07) is 6.50. The van der Waals surface area contributed by atoms with Gasteiger partial charge in [0.1, 0.15) is 22.0 Å². The summed E-state index contributed by atoms with van der Waals surface area (Å²) in [7, 11) is 1.61. The van der Waals surface area contributed by atoms with Gasteiger partial charge in [-0.05, 0) is 54.4 Å². The zero-order valence-electron chi connectivity index (χ0n) is 21.9. The third kappa shape index (κ3) is 7.72. The number of hydrogen-bond donors (Lipinski definition) is 1. The van der Waals surface area contributed by atoms with E-state index in [1.54, 1.807) is 18.9 Å². The Morgan fingerprint density at radius 1 is 1.11 bits per heavy atom. The number of rotatable bonds is 9. The molecular formula is C26H34BrN5O5. The van der Waals surface area contributed by atoms with Gasteiger partial charge in [0, 0.05) is 39.1 Å². The van der Waals surface area contributed by atoms with Crippen molar-refractivity contribution in [1.82, 2.24) is 19.8 Å².